The number of rotatable bonds is 5. The number of carbonyl (C=O) groups excluding carboxylic acids is 2. The number of carbonyl (C=O) groups is 2. The highest BCUT2D eigenvalue weighted by Gasteiger charge is 2.33. The van der Waals surface area contributed by atoms with Crippen molar-refractivity contribution in [2.24, 2.45) is 0 Å². The van der Waals surface area contributed by atoms with E-state index in [4.69, 9.17) is 32.7 Å². The molecule has 0 bridgehead atoms. The number of aromatic hydroxyl groups is 1. The molecule has 0 radical (unpaired) electrons. The number of H-pyrrole nitrogens is 1. The van der Waals surface area contributed by atoms with Crippen LogP contribution in [0.1, 0.15) is 69.8 Å². The number of anilines is 1. The normalized spacial score (nSPS) is 16.3. The average Bonchev–Trinajstić information content (AvgIpc) is 3.31. The van der Waals surface area contributed by atoms with Crippen LogP contribution in [-0.4, -0.2) is 56.8 Å². The van der Waals surface area contributed by atoms with Crippen molar-refractivity contribution in [1.82, 2.24) is 14.9 Å². The summed E-state index contributed by atoms with van der Waals surface area (Å²) < 4.78 is 10.9. The number of hydrogen-bond donors (Lipinski definition) is 3. The first-order valence-corrected chi connectivity index (χ1v) is 12.1. The van der Waals surface area contributed by atoms with Crippen molar-refractivity contribution in [2.75, 3.05) is 18.4 Å². The summed E-state index contributed by atoms with van der Waals surface area (Å²) in [5, 5.41) is 13.8. The van der Waals surface area contributed by atoms with Crippen molar-refractivity contribution in [3.8, 4) is 5.75 Å². The molecule has 2 heterocycles. The van der Waals surface area contributed by atoms with Crippen molar-refractivity contribution in [3.05, 3.63) is 39.4 Å². The number of ether oxygens (including phenoxy) is 2. The maximum Gasteiger partial charge on any atom is 0.410 e. The summed E-state index contributed by atoms with van der Waals surface area (Å²) in [7, 11) is 0. The quantitative estimate of drug-likeness (QED) is 0.347. The minimum absolute atomic E-state index is 0.00365. The molecular formula is C24H32Cl2N4O5. The highest BCUT2D eigenvalue weighted by molar-refractivity contribution is 6.32. The zero-order valence-corrected chi connectivity index (χ0v) is 22.3. The van der Waals surface area contributed by atoms with Gasteiger partial charge in [0.2, 0.25) is 0 Å². The van der Waals surface area contributed by atoms with Crippen LogP contribution in [0.25, 0.3) is 0 Å². The number of phenols is 1. The smallest absolute Gasteiger partial charge is 0.410 e. The van der Waals surface area contributed by atoms with Gasteiger partial charge in [-0.1, -0.05) is 44.0 Å². The molecule has 1 aromatic heterocycles. The number of likely N-dealkylation sites (tertiary alicyclic amines) is 1. The lowest BCUT2D eigenvalue weighted by atomic mass is 9.86. The molecule has 1 fully saturated rings. The zero-order valence-electron chi connectivity index (χ0n) is 20.8. The van der Waals surface area contributed by atoms with Crippen LogP contribution in [0.4, 0.5) is 10.5 Å². The maximum absolute atomic E-state index is 12.7. The van der Waals surface area contributed by atoms with Gasteiger partial charge in [-0.15, -0.1) is 0 Å². The van der Waals surface area contributed by atoms with Gasteiger partial charge in [0.15, 0.2) is 10.8 Å². The van der Waals surface area contributed by atoms with Crippen molar-refractivity contribution < 1.29 is 24.2 Å². The lowest BCUT2D eigenvalue weighted by Crippen LogP contribution is -2.36. The van der Waals surface area contributed by atoms with E-state index in [1.165, 1.54) is 11.0 Å². The second kappa shape index (κ2) is 10.1. The van der Waals surface area contributed by atoms with Crippen molar-refractivity contribution in [3.63, 3.8) is 0 Å². The van der Waals surface area contributed by atoms with Gasteiger partial charge in [-0.05, 0) is 37.8 Å². The second-order valence-electron chi connectivity index (χ2n) is 10.5. The van der Waals surface area contributed by atoms with Crippen LogP contribution in [0.3, 0.4) is 0 Å². The molecule has 3 rings (SSSR count). The maximum atomic E-state index is 12.7. The fourth-order valence-corrected chi connectivity index (χ4v) is 4.27. The van der Waals surface area contributed by atoms with E-state index in [1.807, 2.05) is 20.8 Å². The first-order valence-electron chi connectivity index (χ1n) is 11.3. The largest absolute Gasteiger partial charge is 0.506 e. The first kappa shape index (κ1) is 26.9. The van der Waals surface area contributed by atoms with Crippen LogP contribution in [0.2, 0.25) is 10.2 Å². The summed E-state index contributed by atoms with van der Waals surface area (Å²) in [6.07, 6.45) is -0.418. The molecule has 3 N–H and O–H groups in total. The number of hydrogen-bond acceptors (Lipinski definition) is 7. The van der Waals surface area contributed by atoms with E-state index in [0.717, 1.165) is 5.56 Å². The van der Waals surface area contributed by atoms with Gasteiger partial charge >= 0.3 is 12.1 Å². The number of nitrogens with one attached hydrogen (secondary N) is 2. The molecule has 0 spiro atoms. The Balaban J connectivity index is 1.61. The van der Waals surface area contributed by atoms with Crippen LogP contribution >= 0.6 is 23.2 Å². The van der Waals surface area contributed by atoms with Crippen LogP contribution in [0.5, 0.6) is 5.75 Å². The van der Waals surface area contributed by atoms with Gasteiger partial charge in [0.05, 0.1) is 18.8 Å². The third-order valence-corrected chi connectivity index (χ3v) is 5.91. The first-order chi connectivity index (χ1) is 16.1. The Hall–Kier alpha value is -2.65. The van der Waals surface area contributed by atoms with E-state index in [2.05, 4.69) is 15.3 Å². The summed E-state index contributed by atoms with van der Waals surface area (Å²) in [5.41, 5.74) is 0.555. The van der Waals surface area contributed by atoms with Gasteiger partial charge < -0.3 is 29.8 Å². The number of aromatic nitrogens is 2. The highest BCUT2D eigenvalue weighted by Crippen LogP contribution is 2.37. The van der Waals surface area contributed by atoms with Gasteiger partial charge in [0.25, 0.3) is 0 Å². The molecule has 2 aromatic rings. The molecule has 11 heteroatoms. The Bertz CT molecular complexity index is 1100. The predicted octanol–water partition coefficient (Wildman–Crippen LogP) is 5.50. The number of aromatic amines is 1. The Kier molecular flexibility index (Phi) is 7.81. The summed E-state index contributed by atoms with van der Waals surface area (Å²) in [4.78, 5) is 33.5. The fourth-order valence-electron chi connectivity index (χ4n) is 3.60. The number of benzene rings is 1. The van der Waals surface area contributed by atoms with Gasteiger partial charge in [-0.25, -0.2) is 14.6 Å². The number of amides is 1. The molecular weight excluding hydrogens is 495 g/mol. The Morgan fingerprint density at radius 2 is 1.91 bits per heavy atom. The molecule has 1 unspecified atom stereocenters. The standard InChI is InChI=1S/C24H32Cl2N4O5/c1-23(2,3)14-9-16(17(31)10-15(14)25)27-11-18-28-19(20(26)29-18)21(32)34-13-7-8-30(12-13)22(33)35-24(4,5)6/h9-10,13,27,31H,7-8,11-12H2,1-6H3,(H,28,29). The van der Waals surface area contributed by atoms with E-state index >= 15 is 0 Å². The second-order valence-corrected chi connectivity index (χ2v) is 11.3. The van der Waals surface area contributed by atoms with Gasteiger partial charge in [0, 0.05) is 24.1 Å². The fraction of sp³-hybridized carbons (Fsp3) is 0.542. The molecule has 1 aliphatic heterocycles. The summed E-state index contributed by atoms with van der Waals surface area (Å²) in [5.74, 6) is -0.277. The van der Waals surface area contributed by atoms with Crippen LogP contribution in [-0.2, 0) is 21.4 Å². The minimum Gasteiger partial charge on any atom is -0.506 e. The number of imidazole rings is 1. The van der Waals surface area contributed by atoms with Crippen molar-refractivity contribution in [1.29, 1.82) is 0 Å². The van der Waals surface area contributed by atoms with E-state index in [9.17, 15) is 14.7 Å². The molecule has 1 saturated heterocycles. The molecule has 0 aliphatic carbocycles. The van der Waals surface area contributed by atoms with E-state index in [0.29, 0.717) is 29.5 Å². The molecule has 192 valence electrons. The Labute approximate surface area is 215 Å². The third kappa shape index (κ3) is 6.95. The number of esters is 1. The molecule has 1 aliphatic rings. The van der Waals surface area contributed by atoms with Crippen molar-refractivity contribution in [2.45, 2.75) is 71.6 Å². The van der Waals surface area contributed by atoms with Crippen molar-refractivity contribution >= 4 is 41.0 Å². The van der Waals surface area contributed by atoms with E-state index in [1.54, 1.807) is 26.8 Å². The van der Waals surface area contributed by atoms with E-state index in [-0.39, 0.29) is 35.1 Å². The number of phenolic OH excluding ortho intramolecular Hbond substituents is 1. The molecule has 35 heavy (non-hydrogen) atoms. The summed E-state index contributed by atoms with van der Waals surface area (Å²) in [6, 6.07) is 3.28. The summed E-state index contributed by atoms with van der Waals surface area (Å²) in [6.45, 7) is 12.3. The predicted molar refractivity (Wildman–Crippen MR) is 134 cm³/mol. The molecule has 1 atom stereocenters. The number of halogens is 2. The Morgan fingerprint density at radius 1 is 1.23 bits per heavy atom. The highest BCUT2D eigenvalue weighted by atomic mass is 35.5. The number of nitrogens with zero attached hydrogens (tertiary/aromatic N) is 2. The van der Waals surface area contributed by atoms with Crippen LogP contribution < -0.4 is 5.32 Å². The van der Waals surface area contributed by atoms with E-state index < -0.39 is 23.8 Å². The van der Waals surface area contributed by atoms with Gasteiger partial charge in [0.1, 0.15) is 23.3 Å². The minimum atomic E-state index is -0.658. The van der Waals surface area contributed by atoms with Gasteiger partial charge in [-0.2, -0.15) is 0 Å². The lowest BCUT2D eigenvalue weighted by molar-refractivity contribution is 0.0189. The molecule has 1 aromatic carbocycles. The Morgan fingerprint density at radius 3 is 2.54 bits per heavy atom. The molecule has 0 saturated carbocycles. The summed E-state index contributed by atoms with van der Waals surface area (Å²) >= 11 is 12.5. The average molecular weight is 527 g/mol. The lowest BCUT2D eigenvalue weighted by Gasteiger charge is -2.24. The van der Waals surface area contributed by atoms with Crippen LogP contribution in [0, 0.1) is 0 Å². The SMILES string of the molecule is CC(C)(C)OC(=O)N1CCC(OC(=O)c2[nH]c(CNc3cc(C(C)(C)C)c(Cl)cc3O)nc2Cl)C1. The van der Waals surface area contributed by atoms with Crippen LogP contribution in [0.15, 0.2) is 12.1 Å². The topological polar surface area (TPSA) is 117 Å². The molecule has 1 amide bonds. The zero-order chi connectivity index (χ0) is 26.1. The molecule has 9 nitrogen and oxygen atoms in total. The third-order valence-electron chi connectivity index (χ3n) is 5.32. The van der Waals surface area contributed by atoms with Gasteiger partial charge in [-0.3, -0.25) is 0 Å². The monoisotopic (exact) mass is 526 g/mol.